The number of rotatable bonds is 5. The smallest absolute Gasteiger partial charge is 0.123 e. The third-order valence-corrected chi connectivity index (χ3v) is 3.50. The number of aliphatic hydroxyl groups is 1. The molecule has 0 fully saturated rings. The summed E-state index contributed by atoms with van der Waals surface area (Å²) in [6.07, 6.45) is 0. The Hall–Kier alpha value is -1.06. The van der Waals surface area contributed by atoms with E-state index in [1.807, 2.05) is 19.9 Å². The van der Waals surface area contributed by atoms with E-state index in [4.69, 9.17) is 10.5 Å². The van der Waals surface area contributed by atoms with Gasteiger partial charge in [0.2, 0.25) is 0 Å². The van der Waals surface area contributed by atoms with Crippen LogP contribution in [0.3, 0.4) is 0 Å². The lowest BCUT2D eigenvalue weighted by Crippen LogP contribution is -2.32. The predicted molar refractivity (Wildman–Crippen MR) is 74.9 cm³/mol. The molecule has 0 radical (unpaired) electrons. The van der Waals surface area contributed by atoms with Crippen LogP contribution in [0.2, 0.25) is 0 Å². The van der Waals surface area contributed by atoms with Gasteiger partial charge in [-0.25, -0.2) is 0 Å². The molecule has 0 aliphatic heterocycles. The zero-order valence-electron chi connectivity index (χ0n) is 12.0. The van der Waals surface area contributed by atoms with Gasteiger partial charge in [-0.3, -0.25) is 0 Å². The summed E-state index contributed by atoms with van der Waals surface area (Å²) >= 11 is 0. The Balaban J connectivity index is 3.23. The number of hydrogen-bond acceptors (Lipinski definition) is 3. The summed E-state index contributed by atoms with van der Waals surface area (Å²) in [6.45, 7) is 8.25. The topological polar surface area (TPSA) is 55.5 Å². The van der Waals surface area contributed by atoms with Crippen molar-refractivity contribution in [1.82, 2.24) is 0 Å². The van der Waals surface area contributed by atoms with Gasteiger partial charge < -0.3 is 15.6 Å². The van der Waals surface area contributed by atoms with Crippen LogP contribution in [0.1, 0.15) is 50.8 Å². The van der Waals surface area contributed by atoms with Crippen molar-refractivity contribution in [2.75, 3.05) is 13.7 Å². The van der Waals surface area contributed by atoms with Crippen LogP contribution in [-0.4, -0.2) is 18.8 Å². The molecule has 3 heteroatoms. The molecule has 0 saturated heterocycles. The van der Waals surface area contributed by atoms with Crippen LogP contribution < -0.4 is 10.5 Å². The highest BCUT2D eigenvalue weighted by Crippen LogP contribution is 2.37. The van der Waals surface area contributed by atoms with E-state index in [9.17, 15) is 5.11 Å². The van der Waals surface area contributed by atoms with Crippen LogP contribution >= 0.6 is 0 Å². The molecule has 0 bridgehead atoms. The molecular weight excluding hydrogens is 226 g/mol. The molecule has 1 rings (SSSR count). The van der Waals surface area contributed by atoms with Gasteiger partial charge in [-0.1, -0.05) is 39.8 Å². The first kappa shape index (κ1) is 15.0. The number of ether oxygens (including phenoxy) is 1. The molecule has 18 heavy (non-hydrogen) atoms. The van der Waals surface area contributed by atoms with Crippen molar-refractivity contribution in [1.29, 1.82) is 0 Å². The second-order valence-electron chi connectivity index (χ2n) is 5.78. The lowest BCUT2D eigenvalue weighted by atomic mass is 9.80. The van der Waals surface area contributed by atoms with Crippen molar-refractivity contribution < 1.29 is 9.84 Å². The van der Waals surface area contributed by atoms with Gasteiger partial charge in [-0.05, 0) is 17.5 Å². The number of aliphatic hydroxyl groups excluding tert-OH is 1. The molecule has 0 aromatic heterocycles. The van der Waals surface area contributed by atoms with Gasteiger partial charge in [0.1, 0.15) is 5.75 Å². The van der Waals surface area contributed by atoms with Gasteiger partial charge in [-0.2, -0.15) is 0 Å². The maximum Gasteiger partial charge on any atom is 0.123 e. The number of hydrogen-bond donors (Lipinski definition) is 2. The summed E-state index contributed by atoms with van der Waals surface area (Å²) in [5.74, 6) is 1.23. The molecular formula is C15H25NO2. The first-order valence-electron chi connectivity index (χ1n) is 6.37. The minimum absolute atomic E-state index is 0.0449. The molecule has 0 heterocycles. The van der Waals surface area contributed by atoms with E-state index in [1.165, 1.54) is 5.56 Å². The van der Waals surface area contributed by atoms with Crippen LogP contribution in [0.25, 0.3) is 0 Å². The van der Waals surface area contributed by atoms with E-state index in [2.05, 4.69) is 26.0 Å². The monoisotopic (exact) mass is 251 g/mol. The molecule has 0 spiro atoms. The molecule has 0 amide bonds. The number of benzene rings is 1. The minimum atomic E-state index is -0.372. The Morgan fingerprint density at radius 2 is 1.94 bits per heavy atom. The molecule has 0 unspecified atom stereocenters. The second-order valence-corrected chi connectivity index (χ2v) is 5.78. The summed E-state index contributed by atoms with van der Waals surface area (Å²) in [5, 5.41) is 9.45. The molecule has 1 atom stereocenters. The van der Waals surface area contributed by atoms with Crippen LogP contribution in [0, 0.1) is 5.41 Å². The Morgan fingerprint density at radius 3 is 2.39 bits per heavy atom. The fourth-order valence-electron chi connectivity index (χ4n) is 1.87. The number of nitrogens with two attached hydrogens (primary N) is 1. The Labute approximate surface area is 110 Å². The molecule has 3 N–H and O–H groups in total. The Bertz CT molecular complexity index is 399. The van der Waals surface area contributed by atoms with Crippen molar-refractivity contribution in [2.24, 2.45) is 11.1 Å². The fourth-order valence-corrected chi connectivity index (χ4v) is 1.87. The number of methoxy groups -OCH3 is 1. The largest absolute Gasteiger partial charge is 0.496 e. The molecule has 0 aliphatic rings. The summed E-state index contributed by atoms with van der Waals surface area (Å²) in [6, 6.07) is 5.85. The van der Waals surface area contributed by atoms with Crippen LogP contribution in [-0.2, 0) is 0 Å². The van der Waals surface area contributed by atoms with Gasteiger partial charge in [0, 0.05) is 23.6 Å². The lowest BCUT2D eigenvalue weighted by Gasteiger charge is -2.31. The van der Waals surface area contributed by atoms with E-state index >= 15 is 0 Å². The average Bonchev–Trinajstić information content (AvgIpc) is 2.36. The Kier molecular flexibility index (Phi) is 4.77. The molecule has 0 aliphatic carbocycles. The van der Waals surface area contributed by atoms with Crippen molar-refractivity contribution >= 4 is 0 Å². The third kappa shape index (κ3) is 3.03. The van der Waals surface area contributed by atoms with Gasteiger partial charge in [0.15, 0.2) is 0 Å². The molecule has 3 nitrogen and oxygen atoms in total. The normalized spacial score (nSPS) is 13.8. The Morgan fingerprint density at radius 1 is 1.33 bits per heavy atom. The lowest BCUT2D eigenvalue weighted by molar-refractivity contribution is 0.131. The van der Waals surface area contributed by atoms with E-state index in [0.717, 1.165) is 11.3 Å². The highest BCUT2D eigenvalue weighted by atomic mass is 16.5. The standard InChI is InChI=1S/C15H25NO2/c1-10(2)11-6-7-13(18-5)12(8-11)14(16)15(3,4)9-17/h6-8,10,14,17H,9,16H2,1-5H3/t14-/m1/s1. The van der Waals surface area contributed by atoms with Gasteiger partial charge in [0.05, 0.1) is 7.11 Å². The predicted octanol–water partition coefficient (Wildman–Crippen LogP) is 2.84. The zero-order chi connectivity index (χ0) is 13.9. The molecule has 1 aromatic rings. The van der Waals surface area contributed by atoms with E-state index in [1.54, 1.807) is 7.11 Å². The van der Waals surface area contributed by atoms with Gasteiger partial charge >= 0.3 is 0 Å². The highest BCUT2D eigenvalue weighted by molar-refractivity contribution is 5.41. The van der Waals surface area contributed by atoms with Crippen LogP contribution in [0.15, 0.2) is 18.2 Å². The summed E-state index contributed by atoms with van der Waals surface area (Å²) in [4.78, 5) is 0. The van der Waals surface area contributed by atoms with Crippen molar-refractivity contribution in [3.63, 3.8) is 0 Å². The maximum atomic E-state index is 9.45. The van der Waals surface area contributed by atoms with E-state index < -0.39 is 0 Å². The van der Waals surface area contributed by atoms with Gasteiger partial charge in [-0.15, -0.1) is 0 Å². The first-order valence-corrected chi connectivity index (χ1v) is 6.37. The SMILES string of the molecule is COc1ccc(C(C)C)cc1[C@@H](N)C(C)(C)CO. The fraction of sp³-hybridized carbons (Fsp3) is 0.600. The van der Waals surface area contributed by atoms with E-state index in [-0.39, 0.29) is 18.1 Å². The average molecular weight is 251 g/mol. The summed E-state index contributed by atoms with van der Waals surface area (Å²) < 4.78 is 5.38. The zero-order valence-corrected chi connectivity index (χ0v) is 12.0. The van der Waals surface area contributed by atoms with Crippen molar-refractivity contribution in [2.45, 2.75) is 39.7 Å². The highest BCUT2D eigenvalue weighted by Gasteiger charge is 2.29. The van der Waals surface area contributed by atoms with Gasteiger partial charge in [0.25, 0.3) is 0 Å². The van der Waals surface area contributed by atoms with Crippen LogP contribution in [0.5, 0.6) is 5.75 Å². The third-order valence-electron chi connectivity index (χ3n) is 3.50. The quantitative estimate of drug-likeness (QED) is 0.846. The second kappa shape index (κ2) is 5.72. The molecule has 1 aromatic carbocycles. The molecule has 102 valence electrons. The van der Waals surface area contributed by atoms with Crippen LogP contribution in [0.4, 0.5) is 0 Å². The van der Waals surface area contributed by atoms with E-state index in [0.29, 0.717) is 5.92 Å². The van der Waals surface area contributed by atoms with Crippen molar-refractivity contribution in [3.05, 3.63) is 29.3 Å². The summed E-state index contributed by atoms with van der Waals surface area (Å²) in [5.41, 5.74) is 8.11. The maximum absolute atomic E-state index is 9.45. The van der Waals surface area contributed by atoms with Crippen molar-refractivity contribution in [3.8, 4) is 5.75 Å². The molecule has 0 saturated carbocycles. The first-order chi connectivity index (χ1) is 8.33. The summed E-state index contributed by atoms with van der Waals surface area (Å²) in [7, 11) is 1.65. The minimum Gasteiger partial charge on any atom is -0.496 e.